The van der Waals surface area contributed by atoms with Crippen LogP contribution < -0.4 is 10.6 Å². The Hall–Kier alpha value is -2.96. The molecule has 0 radical (unpaired) electrons. The molecule has 0 atom stereocenters. The fourth-order valence-electron chi connectivity index (χ4n) is 1.89. The van der Waals surface area contributed by atoms with Crippen molar-refractivity contribution in [3.05, 3.63) is 54.2 Å². The van der Waals surface area contributed by atoms with Crippen LogP contribution in [0.3, 0.4) is 0 Å². The van der Waals surface area contributed by atoms with Crippen LogP contribution in [0.1, 0.15) is 5.69 Å². The van der Waals surface area contributed by atoms with E-state index in [4.69, 9.17) is 0 Å². The molecule has 0 unspecified atom stereocenters. The molecule has 1 aromatic carbocycles. The SMILES string of the molecule is Cc1cc2ncc(NC(=O)Nc3ccc(F)cc3)cn2n1. The number of halogens is 1. The highest BCUT2D eigenvalue weighted by Crippen LogP contribution is 2.11. The number of benzene rings is 1. The molecule has 3 rings (SSSR count). The van der Waals surface area contributed by atoms with Crippen molar-refractivity contribution >= 4 is 23.1 Å². The summed E-state index contributed by atoms with van der Waals surface area (Å²) in [6, 6.07) is 6.90. The monoisotopic (exact) mass is 285 g/mol. The summed E-state index contributed by atoms with van der Waals surface area (Å²) in [6.07, 6.45) is 3.21. The van der Waals surface area contributed by atoms with E-state index in [2.05, 4.69) is 20.7 Å². The van der Waals surface area contributed by atoms with Crippen molar-refractivity contribution in [2.24, 2.45) is 0 Å². The first-order valence-electron chi connectivity index (χ1n) is 6.26. The lowest BCUT2D eigenvalue weighted by molar-refractivity contribution is 0.262. The van der Waals surface area contributed by atoms with E-state index >= 15 is 0 Å². The quantitative estimate of drug-likeness (QED) is 0.760. The summed E-state index contributed by atoms with van der Waals surface area (Å²) in [4.78, 5) is 16.0. The molecule has 0 saturated carbocycles. The second kappa shape index (κ2) is 5.20. The van der Waals surface area contributed by atoms with E-state index in [0.717, 1.165) is 5.69 Å². The molecule has 0 fully saturated rings. The summed E-state index contributed by atoms with van der Waals surface area (Å²) >= 11 is 0. The molecule has 7 heteroatoms. The van der Waals surface area contributed by atoms with E-state index in [0.29, 0.717) is 17.0 Å². The zero-order valence-electron chi connectivity index (χ0n) is 11.2. The van der Waals surface area contributed by atoms with Crippen LogP contribution in [-0.2, 0) is 0 Å². The lowest BCUT2D eigenvalue weighted by Crippen LogP contribution is -2.19. The van der Waals surface area contributed by atoms with Gasteiger partial charge in [0.1, 0.15) is 5.82 Å². The molecule has 2 heterocycles. The number of urea groups is 1. The van der Waals surface area contributed by atoms with Crippen molar-refractivity contribution in [3.8, 4) is 0 Å². The average Bonchev–Trinajstić information content (AvgIpc) is 2.80. The number of carbonyl (C=O) groups excluding carboxylic acids is 1. The summed E-state index contributed by atoms with van der Waals surface area (Å²) < 4.78 is 14.4. The number of hydrogen-bond donors (Lipinski definition) is 2. The number of fused-ring (bicyclic) bond motifs is 1. The third-order valence-electron chi connectivity index (χ3n) is 2.80. The van der Waals surface area contributed by atoms with E-state index in [1.54, 1.807) is 16.9 Å². The molecule has 106 valence electrons. The van der Waals surface area contributed by atoms with E-state index in [9.17, 15) is 9.18 Å². The normalized spacial score (nSPS) is 10.6. The van der Waals surface area contributed by atoms with E-state index in [1.807, 2.05) is 13.0 Å². The molecule has 6 nitrogen and oxygen atoms in total. The smallest absolute Gasteiger partial charge is 0.308 e. The Morgan fingerprint density at radius 2 is 1.90 bits per heavy atom. The predicted molar refractivity (Wildman–Crippen MR) is 76.8 cm³/mol. The van der Waals surface area contributed by atoms with Gasteiger partial charge in [-0.25, -0.2) is 18.7 Å². The number of amides is 2. The fraction of sp³-hybridized carbons (Fsp3) is 0.0714. The molecule has 21 heavy (non-hydrogen) atoms. The Morgan fingerprint density at radius 3 is 2.67 bits per heavy atom. The Bertz CT molecular complexity index is 797. The number of nitrogens with one attached hydrogen (secondary N) is 2. The van der Waals surface area contributed by atoms with Gasteiger partial charge in [0, 0.05) is 11.8 Å². The molecule has 0 aliphatic rings. The summed E-state index contributed by atoms with van der Waals surface area (Å²) in [5.41, 5.74) is 2.55. The minimum absolute atomic E-state index is 0.357. The number of aryl methyl sites for hydroxylation is 1. The molecule has 0 spiro atoms. The maximum atomic E-state index is 12.8. The Balaban J connectivity index is 1.71. The minimum Gasteiger partial charge on any atom is -0.308 e. The van der Waals surface area contributed by atoms with Crippen molar-refractivity contribution < 1.29 is 9.18 Å². The van der Waals surface area contributed by atoms with Gasteiger partial charge in [-0.15, -0.1) is 0 Å². The summed E-state index contributed by atoms with van der Waals surface area (Å²) in [7, 11) is 0. The van der Waals surface area contributed by atoms with Crippen LogP contribution in [0.5, 0.6) is 0 Å². The highest BCUT2D eigenvalue weighted by atomic mass is 19.1. The molecular formula is C14H12FN5O. The van der Waals surface area contributed by atoms with Gasteiger partial charge in [-0.3, -0.25) is 0 Å². The number of hydrogen-bond acceptors (Lipinski definition) is 3. The Labute approximate surface area is 119 Å². The summed E-state index contributed by atoms with van der Waals surface area (Å²) in [5, 5.41) is 9.45. The van der Waals surface area contributed by atoms with Gasteiger partial charge in [0.15, 0.2) is 5.65 Å². The Kier molecular flexibility index (Phi) is 3.23. The van der Waals surface area contributed by atoms with Crippen LogP contribution in [0.25, 0.3) is 5.65 Å². The maximum absolute atomic E-state index is 12.8. The van der Waals surface area contributed by atoms with Gasteiger partial charge >= 0.3 is 6.03 Å². The lowest BCUT2D eigenvalue weighted by Gasteiger charge is -2.07. The van der Waals surface area contributed by atoms with Crippen LogP contribution in [0.4, 0.5) is 20.6 Å². The van der Waals surface area contributed by atoms with E-state index in [1.165, 1.54) is 24.3 Å². The summed E-state index contributed by atoms with van der Waals surface area (Å²) in [6.45, 7) is 1.86. The number of carbonyl (C=O) groups is 1. The topological polar surface area (TPSA) is 71.3 Å². The molecule has 2 aromatic heterocycles. The molecular weight excluding hydrogens is 273 g/mol. The zero-order chi connectivity index (χ0) is 14.8. The first kappa shape index (κ1) is 13.0. The maximum Gasteiger partial charge on any atom is 0.323 e. The first-order chi connectivity index (χ1) is 10.1. The van der Waals surface area contributed by atoms with Crippen molar-refractivity contribution in [3.63, 3.8) is 0 Å². The molecule has 2 amide bonds. The number of aromatic nitrogens is 3. The largest absolute Gasteiger partial charge is 0.323 e. The van der Waals surface area contributed by atoms with Gasteiger partial charge in [0.05, 0.1) is 23.8 Å². The van der Waals surface area contributed by atoms with Crippen LogP contribution in [0.2, 0.25) is 0 Å². The second-order valence-corrected chi connectivity index (χ2v) is 4.52. The van der Waals surface area contributed by atoms with Crippen LogP contribution in [-0.4, -0.2) is 20.6 Å². The fourth-order valence-corrected chi connectivity index (χ4v) is 1.89. The van der Waals surface area contributed by atoms with Crippen LogP contribution in [0.15, 0.2) is 42.7 Å². The predicted octanol–water partition coefficient (Wildman–Crippen LogP) is 2.82. The molecule has 0 bridgehead atoms. The molecule has 3 aromatic rings. The van der Waals surface area contributed by atoms with Crippen molar-refractivity contribution in [1.29, 1.82) is 0 Å². The van der Waals surface area contributed by atoms with Gasteiger partial charge in [-0.2, -0.15) is 5.10 Å². The number of nitrogens with zero attached hydrogens (tertiary/aromatic N) is 3. The van der Waals surface area contributed by atoms with Crippen molar-refractivity contribution in [2.45, 2.75) is 6.92 Å². The lowest BCUT2D eigenvalue weighted by atomic mass is 10.3. The average molecular weight is 285 g/mol. The van der Waals surface area contributed by atoms with Crippen molar-refractivity contribution in [2.75, 3.05) is 10.6 Å². The highest BCUT2D eigenvalue weighted by Gasteiger charge is 2.05. The molecule has 0 aliphatic heterocycles. The molecule has 2 N–H and O–H groups in total. The Morgan fingerprint density at radius 1 is 1.19 bits per heavy atom. The molecule has 0 saturated heterocycles. The van der Waals surface area contributed by atoms with Crippen LogP contribution >= 0.6 is 0 Å². The van der Waals surface area contributed by atoms with Gasteiger partial charge < -0.3 is 10.6 Å². The van der Waals surface area contributed by atoms with Gasteiger partial charge in [-0.1, -0.05) is 0 Å². The summed E-state index contributed by atoms with van der Waals surface area (Å²) in [5.74, 6) is -0.357. The number of rotatable bonds is 2. The van der Waals surface area contributed by atoms with E-state index in [-0.39, 0.29) is 5.82 Å². The standard InChI is InChI=1S/C14H12FN5O/c1-9-6-13-16-7-12(8-20(13)19-9)18-14(21)17-11-4-2-10(15)3-5-11/h2-8H,1H3,(H2,17,18,21). The minimum atomic E-state index is -0.438. The van der Waals surface area contributed by atoms with E-state index < -0.39 is 6.03 Å². The zero-order valence-corrected chi connectivity index (χ0v) is 11.2. The highest BCUT2D eigenvalue weighted by molar-refractivity contribution is 5.99. The third-order valence-corrected chi connectivity index (χ3v) is 2.80. The van der Waals surface area contributed by atoms with Gasteiger partial charge in [0.25, 0.3) is 0 Å². The van der Waals surface area contributed by atoms with Gasteiger partial charge in [-0.05, 0) is 31.2 Å². The van der Waals surface area contributed by atoms with Crippen LogP contribution in [0, 0.1) is 12.7 Å². The number of anilines is 2. The third kappa shape index (κ3) is 2.97. The second-order valence-electron chi connectivity index (χ2n) is 4.52. The van der Waals surface area contributed by atoms with Crippen molar-refractivity contribution in [1.82, 2.24) is 14.6 Å². The van der Waals surface area contributed by atoms with Gasteiger partial charge in [0.2, 0.25) is 0 Å². The molecule has 0 aliphatic carbocycles. The first-order valence-corrected chi connectivity index (χ1v) is 6.26.